The molecule has 1 amide bonds. The van der Waals surface area contributed by atoms with Gasteiger partial charge in [0.25, 0.3) is 5.91 Å². The summed E-state index contributed by atoms with van der Waals surface area (Å²) in [6, 6.07) is 4.06. The monoisotopic (exact) mass is 288 g/mol. The second-order valence-corrected chi connectivity index (χ2v) is 6.09. The van der Waals surface area contributed by atoms with Gasteiger partial charge in [-0.2, -0.15) is 0 Å². The van der Waals surface area contributed by atoms with Gasteiger partial charge >= 0.3 is 0 Å². The molecular weight excluding hydrogens is 264 g/mol. The van der Waals surface area contributed by atoms with Gasteiger partial charge in [0.2, 0.25) is 0 Å². The second-order valence-electron chi connectivity index (χ2n) is 6.09. The number of carbonyl (C=O) groups excluding carboxylic acids is 1. The van der Waals surface area contributed by atoms with E-state index in [0.717, 1.165) is 31.7 Å². The van der Waals surface area contributed by atoms with Crippen LogP contribution in [0.4, 0.5) is 5.82 Å². The minimum Gasteiger partial charge on any atom is -0.369 e. The molecule has 5 nitrogen and oxygen atoms in total. The minimum atomic E-state index is 0.0575. The van der Waals surface area contributed by atoms with Gasteiger partial charge in [0.1, 0.15) is 5.82 Å². The summed E-state index contributed by atoms with van der Waals surface area (Å²) in [5, 5.41) is 11.3. The Morgan fingerprint density at radius 3 is 2.81 bits per heavy atom. The van der Waals surface area contributed by atoms with Crippen LogP contribution in [0.3, 0.4) is 0 Å². The Bertz CT molecular complexity index is 486. The molecule has 21 heavy (non-hydrogen) atoms. The normalized spacial score (nSPS) is 25.3. The van der Waals surface area contributed by atoms with E-state index in [2.05, 4.69) is 20.4 Å². The number of nitrogens with one attached hydrogen (secondary N) is 1. The SMILES string of the molecule is CCNc1ccc(C(=O)N2CCC[C@H]3CCCC[C@H]32)nn1. The molecule has 1 aromatic heterocycles. The van der Waals surface area contributed by atoms with Gasteiger partial charge in [0, 0.05) is 19.1 Å². The van der Waals surface area contributed by atoms with Crippen molar-refractivity contribution in [3.8, 4) is 0 Å². The first-order chi connectivity index (χ1) is 10.3. The van der Waals surface area contributed by atoms with Crippen molar-refractivity contribution in [3.05, 3.63) is 17.8 Å². The van der Waals surface area contributed by atoms with Crippen LogP contribution in [0, 0.1) is 5.92 Å². The summed E-state index contributed by atoms with van der Waals surface area (Å²) in [5.74, 6) is 1.48. The zero-order chi connectivity index (χ0) is 14.7. The van der Waals surface area contributed by atoms with Crippen LogP contribution in [-0.2, 0) is 0 Å². The standard InChI is InChI=1S/C16H24N4O/c1-2-17-15-10-9-13(18-19-15)16(21)20-11-5-7-12-6-3-4-8-14(12)20/h9-10,12,14H,2-8,11H2,1H3,(H,17,19)/t12-,14-/m1/s1. The van der Waals surface area contributed by atoms with Crippen LogP contribution in [-0.4, -0.2) is 40.1 Å². The molecule has 1 aliphatic heterocycles. The summed E-state index contributed by atoms with van der Waals surface area (Å²) in [5.41, 5.74) is 0.475. The molecule has 1 saturated heterocycles. The van der Waals surface area contributed by atoms with E-state index in [1.165, 1.54) is 25.7 Å². The molecule has 0 bridgehead atoms. The summed E-state index contributed by atoms with van der Waals surface area (Å²) in [6.07, 6.45) is 7.39. The molecule has 1 N–H and O–H groups in total. The topological polar surface area (TPSA) is 58.1 Å². The van der Waals surface area contributed by atoms with Crippen LogP contribution in [0.15, 0.2) is 12.1 Å². The third-order valence-electron chi connectivity index (χ3n) is 4.75. The number of carbonyl (C=O) groups is 1. The number of fused-ring (bicyclic) bond motifs is 1. The highest BCUT2D eigenvalue weighted by atomic mass is 16.2. The van der Waals surface area contributed by atoms with Gasteiger partial charge < -0.3 is 10.2 Å². The van der Waals surface area contributed by atoms with Crippen LogP contribution in [0.25, 0.3) is 0 Å². The lowest BCUT2D eigenvalue weighted by Gasteiger charge is -2.43. The minimum absolute atomic E-state index is 0.0575. The van der Waals surface area contributed by atoms with Crippen LogP contribution in [0.1, 0.15) is 55.9 Å². The Morgan fingerprint density at radius 1 is 1.24 bits per heavy atom. The summed E-state index contributed by atoms with van der Waals surface area (Å²) < 4.78 is 0. The summed E-state index contributed by atoms with van der Waals surface area (Å²) in [7, 11) is 0. The van der Waals surface area contributed by atoms with Gasteiger partial charge in [-0.3, -0.25) is 4.79 Å². The Hall–Kier alpha value is -1.65. The largest absolute Gasteiger partial charge is 0.369 e. The van der Waals surface area contributed by atoms with E-state index in [4.69, 9.17) is 0 Å². The number of piperidine rings is 1. The van der Waals surface area contributed by atoms with Crippen molar-refractivity contribution in [2.45, 2.75) is 51.5 Å². The maximum Gasteiger partial charge on any atom is 0.274 e. The van der Waals surface area contributed by atoms with Crippen LogP contribution >= 0.6 is 0 Å². The number of hydrogen-bond acceptors (Lipinski definition) is 4. The maximum atomic E-state index is 12.7. The zero-order valence-electron chi connectivity index (χ0n) is 12.7. The lowest BCUT2D eigenvalue weighted by Crippen LogP contribution is -2.49. The van der Waals surface area contributed by atoms with Crippen molar-refractivity contribution in [2.24, 2.45) is 5.92 Å². The Kier molecular flexibility index (Phi) is 4.36. The van der Waals surface area contributed by atoms with Gasteiger partial charge in [0.05, 0.1) is 0 Å². The van der Waals surface area contributed by atoms with E-state index in [1.54, 1.807) is 6.07 Å². The number of hydrogen-bond donors (Lipinski definition) is 1. The molecule has 2 heterocycles. The van der Waals surface area contributed by atoms with E-state index >= 15 is 0 Å². The average Bonchev–Trinajstić information content (AvgIpc) is 2.55. The number of rotatable bonds is 3. The van der Waals surface area contributed by atoms with E-state index in [1.807, 2.05) is 13.0 Å². The van der Waals surface area contributed by atoms with Crippen molar-refractivity contribution in [1.82, 2.24) is 15.1 Å². The van der Waals surface area contributed by atoms with Gasteiger partial charge in [0.15, 0.2) is 5.69 Å². The molecule has 2 fully saturated rings. The number of aromatic nitrogens is 2. The average molecular weight is 288 g/mol. The van der Waals surface area contributed by atoms with Crippen molar-refractivity contribution in [2.75, 3.05) is 18.4 Å². The summed E-state index contributed by atoms with van der Waals surface area (Å²) >= 11 is 0. The Morgan fingerprint density at radius 2 is 2.05 bits per heavy atom. The highest BCUT2D eigenvalue weighted by molar-refractivity contribution is 5.92. The number of anilines is 1. The molecule has 3 rings (SSSR count). The predicted octanol–water partition coefficient (Wildman–Crippen LogP) is 2.70. The fraction of sp³-hybridized carbons (Fsp3) is 0.688. The molecule has 2 atom stereocenters. The molecule has 0 unspecified atom stereocenters. The van der Waals surface area contributed by atoms with Crippen LogP contribution in [0.2, 0.25) is 0 Å². The quantitative estimate of drug-likeness (QED) is 0.929. The molecule has 2 aliphatic rings. The molecule has 114 valence electrons. The number of nitrogens with zero attached hydrogens (tertiary/aromatic N) is 3. The summed E-state index contributed by atoms with van der Waals surface area (Å²) in [4.78, 5) is 14.8. The highest BCUT2D eigenvalue weighted by Gasteiger charge is 2.36. The van der Waals surface area contributed by atoms with E-state index in [-0.39, 0.29) is 5.91 Å². The molecule has 5 heteroatoms. The summed E-state index contributed by atoms with van der Waals surface area (Å²) in [6.45, 7) is 3.69. The first kappa shape index (κ1) is 14.3. The predicted molar refractivity (Wildman–Crippen MR) is 82.2 cm³/mol. The van der Waals surface area contributed by atoms with Gasteiger partial charge in [-0.15, -0.1) is 10.2 Å². The first-order valence-corrected chi connectivity index (χ1v) is 8.18. The van der Waals surface area contributed by atoms with Crippen molar-refractivity contribution in [3.63, 3.8) is 0 Å². The smallest absolute Gasteiger partial charge is 0.274 e. The third-order valence-corrected chi connectivity index (χ3v) is 4.75. The van der Waals surface area contributed by atoms with Gasteiger partial charge in [-0.1, -0.05) is 12.8 Å². The van der Waals surface area contributed by atoms with E-state index in [0.29, 0.717) is 17.7 Å². The van der Waals surface area contributed by atoms with Crippen LogP contribution < -0.4 is 5.32 Å². The fourth-order valence-corrected chi connectivity index (χ4v) is 3.75. The number of amides is 1. The molecule has 0 aromatic carbocycles. The van der Waals surface area contributed by atoms with Crippen molar-refractivity contribution >= 4 is 11.7 Å². The van der Waals surface area contributed by atoms with Gasteiger partial charge in [-0.25, -0.2) is 0 Å². The Labute approximate surface area is 126 Å². The van der Waals surface area contributed by atoms with Crippen LogP contribution in [0.5, 0.6) is 0 Å². The second kappa shape index (κ2) is 6.41. The Balaban J connectivity index is 1.73. The lowest BCUT2D eigenvalue weighted by molar-refractivity contribution is 0.0384. The molecule has 0 spiro atoms. The molecular formula is C16H24N4O. The molecule has 0 radical (unpaired) electrons. The van der Waals surface area contributed by atoms with Gasteiger partial charge in [-0.05, 0) is 50.7 Å². The first-order valence-electron chi connectivity index (χ1n) is 8.18. The van der Waals surface area contributed by atoms with E-state index in [9.17, 15) is 4.79 Å². The van der Waals surface area contributed by atoms with E-state index < -0.39 is 0 Å². The fourth-order valence-electron chi connectivity index (χ4n) is 3.75. The third kappa shape index (κ3) is 3.01. The zero-order valence-corrected chi connectivity index (χ0v) is 12.7. The molecule has 1 saturated carbocycles. The molecule has 1 aliphatic carbocycles. The van der Waals surface area contributed by atoms with Crippen molar-refractivity contribution < 1.29 is 4.79 Å². The number of likely N-dealkylation sites (tertiary alicyclic amines) is 1. The maximum absolute atomic E-state index is 12.7. The van der Waals surface area contributed by atoms with Crippen molar-refractivity contribution in [1.29, 1.82) is 0 Å². The highest BCUT2D eigenvalue weighted by Crippen LogP contribution is 2.35. The lowest BCUT2D eigenvalue weighted by atomic mass is 9.78. The molecule has 1 aromatic rings.